The van der Waals surface area contributed by atoms with Gasteiger partial charge < -0.3 is 5.32 Å². The fourth-order valence-electron chi connectivity index (χ4n) is 2.25. The molecule has 1 aromatic rings. The molecule has 108 valence electrons. The van der Waals surface area contributed by atoms with Gasteiger partial charge in [0.1, 0.15) is 12.1 Å². The van der Waals surface area contributed by atoms with Gasteiger partial charge in [-0.25, -0.2) is 0 Å². The smallest absolute Gasteiger partial charge is 0.250 e. The van der Waals surface area contributed by atoms with E-state index in [0.29, 0.717) is 10.7 Å². The van der Waals surface area contributed by atoms with Crippen molar-refractivity contribution in [3.8, 4) is 0 Å². The van der Waals surface area contributed by atoms with Crippen LogP contribution < -0.4 is 10.2 Å². The number of piperazine rings is 1. The summed E-state index contributed by atoms with van der Waals surface area (Å²) in [6.45, 7) is 5.50. The van der Waals surface area contributed by atoms with Crippen molar-refractivity contribution in [3.05, 3.63) is 27.7 Å². The molecular weight excluding hydrogens is 344 g/mol. The van der Waals surface area contributed by atoms with Gasteiger partial charge in [0.25, 0.3) is 5.91 Å². The summed E-state index contributed by atoms with van der Waals surface area (Å²) in [5, 5.41) is 3.20. The van der Waals surface area contributed by atoms with Crippen molar-refractivity contribution < 1.29 is 9.59 Å². The Bertz CT molecular complexity index is 562. The first kappa shape index (κ1) is 15.3. The van der Waals surface area contributed by atoms with Crippen LogP contribution >= 0.6 is 27.5 Å². The second-order valence-electron chi connectivity index (χ2n) is 5.21. The summed E-state index contributed by atoms with van der Waals surface area (Å²) >= 11 is 9.54. The number of halogens is 2. The molecule has 6 heteroatoms. The highest BCUT2D eigenvalue weighted by atomic mass is 79.9. The van der Waals surface area contributed by atoms with Gasteiger partial charge >= 0.3 is 0 Å². The van der Waals surface area contributed by atoms with Crippen molar-refractivity contribution in [3.63, 3.8) is 0 Å². The third-order valence-electron chi connectivity index (χ3n) is 3.40. The zero-order chi connectivity index (χ0) is 15.0. The van der Waals surface area contributed by atoms with E-state index in [4.69, 9.17) is 11.6 Å². The third kappa shape index (κ3) is 2.69. The first-order chi connectivity index (χ1) is 9.32. The predicted molar refractivity (Wildman–Crippen MR) is 82.9 cm³/mol. The van der Waals surface area contributed by atoms with Crippen LogP contribution in [0.2, 0.25) is 5.02 Å². The summed E-state index contributed by atoms with van der Waals surface area (Å²) in [7, 11) is 0. The summed E-state index contributed by atoms with van der Waals surface area (Å²) < 4.78 is 0.827. The van der Waals surface area contributed by atoms with Crippen molar-refractivity contribution >= 4 is 45.0 Å². The molecule has 1 aliphatic rings. The number of nitrogens with zero attached hydrogens (tertiary/aromatic N) is 1. The minimum absolute atomic E-state index is 0.0238. The SMILES string of the molecule is CC(C)C1NC(=O)C(C)N(c2ccc(Br)cc2Cl)C1=O. The van der Waals surface area contributed by atoms with Crippen LogP contribution in [0.25, 0.3) is 0 Å². The van der Waals surface area contributed by atoms with Gasteiger partial charge in [-0.3, -0.25) is 14.5 Å². The van der Waals surface area contributed by atoms with Crippen LogP contribution in [0, 0.1) is 5.92 Å². The molecule has 1 aliphatic heterocycles. The Morgan fingerprint density at radius 1 is 1.35 bits per heavy atom. The third-order valence-corrected chi connectivity index (χ3v) is 4.20. The summed E-state index contributed by atoms with van der Waals surface area (Å²) in [6, 6.07) is 4.18. The van der Waals surface area contributed by atoms with Crippen LogP contribution in [-0.4, -0.2) is 23.9 Å². The molecule has 0 spiro atoms. The number of nitrogens with one attached hydrogen (secondary N) is 1. The molecule has 2 rings (SSSR count). The van der Waals surface area contributed by atoms with E-state index in [1.165, 1.54) is 4.90 Å². The Morgan fingerprint density at radius 2 is 2.00 bits per heavy atom. The summed E-state index contributed by atoms with van der Waals surface area (Å²) in [5.41, 5.74) is 0.563. The maximum absolute atomic E-state index is 12.6. The summed E-state index contributed by atoms with van der Waals surface area (Å²) in [4.78, 5) is 26.1. The maximum Gasteiger partial charge on any atom is 0.250 e. The molecule has 0 aliphatic carbocycles. The Hall–Kier alpha value is -1.07. The summed E-state index contributed by atoms with van der Waals surface area (Å²) in [6.07, 6.45) is 0. The number of carbonyl (C=O) groups is 2. The Balaban J connectivity index is 2.46. The number of benzene rings is 1. The second-order valence-corrected chi connectivity index (χ2v) is 6.53. The summed E-state index contributed by atoms with van der Waals surface area (Å²) in [5.74, 6) is -0.269. The van der Waals surface area contributed by atoms with E-state index in [-0.39, 0.29) is 17.7 Å². The van der Waals surface area contributed by atoms with Crippen molar-refractivity contribution in [2.75, 3.05) is 4.90 Å². The van der Waals surface area contributed by atoms with Crippen molar-refractivity contribution in [2.24, 2.45) is 5.92 Å². The van der Waals surface area contributed by atoms with Crippen LogP contribution in [0.5, 0.6) is 0 Å². The maximum atomic E-state index is 12.6. The molecule has 20 heavy (non-hydrogen) atoms. The fraction of sp³-hybridized carbons (Fsp3) is 0.429. The number of amides is 2. The highest BCUT2D eigenvalue weighted by Gasteiger charge is 2.40. The molecule has 0 saturated carbocycles. The standard InChI is InChI=1S/C14H16BrClN2O2/c1-7(2)12-14(20)18(8(3)13(19)17-12)11-5-4-9(15)6-10(11)16/h4-8,12H,1-3H3,(H,17,19). The first-order valence-corrected chi connectivity index (χ1v) is 7.58. The Labute approximate surface area is 131 Å². The van der Waals surface area contributed by atoms with Crippen LogP contribution in [0.15, 0.2) is 22.7 Å². The lowest BCUT2D eigenvalue weighted by Crippen LogP contribution is -2.64. The molecule has 4 nitrogen and oxygen atoms in total. The van der Waals surface area contributed by atoms with Gasteiger partial charge in [-0.15, -0.1) is 0 Å². The number of hydrogen-bond donors (Lipinski definition) is 1. The van der Waals surface area contributed by atoms with E-state index < -0.39 is 12.1 Å². The number of hydrogen-bond acceptors (Lipinski definition) is 2. The molecule has 1 heterocycles. The van der Waals surface area contributed by atoms with Crippen molar-refractivity contribution in [1.29, 1.82) is 0 Å². The first-order valence-electron chi connectivity index (χ1n) is 6.41. The topological polar surface area (TPSA) is 49.4 Å². The van der Waals surface area contributed by atoms with Gasteiger partial charge in [0, 0.05) is 4.47 Å². The van der Waals surface area contributed by atoms with Crippen molar-refractivity contribution in [2.45, 2.75) is 32.9 Å². The van der Waals surface area contributed by atoms with Gasteiger partial charge in [0.2, 0.25) is 5.91 Å². The fourth-order valence-corrected chi connectivity index (χ4v) is 3.01. The van der Waals surface area contributed by atoms with Crippen LogP contribution in [-0.2, 0) is 9.59 Å². The quantitative estimate of drug-likeness (QED) is 0.882. The largest absolute Gasteiger partial charge is 0.342 e. The lowest BCUT2D eigenvalue weighted by molar-refractivity contribution is -0.134. The molecule has 0 bridgehead atoms. The lowest BCUT2D eigenvalue weighted by Gasteiger charge is -2.39. The van der Waals surface area contributed by atoms with Crippen LogP contribution in [0.1, 0.15) is 20.8 Å². The van der Waals surface area contributed by atoms with Gasteiger partial charge in [-0.05, 0) is 31.0 Å². The molecule has 1 N–H and O–H groups in total. The van der Waals surface area contributed by atoms with E-state index in [2.05, 4.69) is 21.2 Å². The second kappa shape index (κ2) is 5.74. The molecule has 2 atom stereocenters. The van der Waals surface area contributed by atoms with E-state index >= 15 is 0 Å². The van der Waals surface area contributed by atoms with Gasteiger partial charge in [-0.2, -0.15) is 0 Å². The predicted octanol–water partition coefficient (Wildman–Crippen LogP) is 2.98. The van der Waals surface area contributed by atoms with Crippen molar-refractivity contribution in [1.82, 2.24) is 5.32 Å². The van der Waals surface area contributed by atoms with E-state index in [9.17, 15) is 9.59 Å². The number of rotatable bonds is 2. The molecule has 1 saturated heterocycles. The highest BCUT2D eigenvalue weighted by Crippen LogP contribution is 2.32. The Kier molecular flexibility index (Phi) is 4.39. The highest BCUT2D eigenvalue weighted by molar-refractivity contribution is 9.10. The number of anilines is 1. The van der Waals surface area contributed by atoms with Gasteiger partial charge in [0.05, 0.1) is 10.7 Å². The zero-order valence-corrected chi connectivity index (χ0v) is 13.8. The molecule has 0 aromatic heterocycles. The minimum Gasteiger partial charge on any atom is -0.342 e. The van der Waals surface area contributed by atoms with Crippen LogP contribution in [0.3, 0.4) is 0 Å². The monoisotopic (exact) mass is 358 g/mol. The average Bonchev–Trinajstić information content (AvgIpc) is 2.36. The van der Waals surface area contributed by atoms with E-state index in [1.54, 1.807) is 25.1 Å². The molecule has 2 amide bonds. The van der Waals surface area contributed by atoms with Gasteiger partial charge in [0.15, 0.2) is 0 Å². The van der Waals surface area contributed by atoms with E-state index in [1.807, 2.05) is 13.8 Å². The molecule has 1 fully saturated rings. The molecule has 1 aromatic carbocycles. The molecular formula is C14H16BrClN2O2. The molecule has 0 radical (unpaired) electrons. The molecule has 2 unspecified atom stereocenters. The normalized spacial score (nSPS) is 23.2. The van der Waals surface area contributed by atoms with Gasteiger partial charge in [-0.1, -0.05) is 41.4 Å². The number of carbonyl (C=O) groups excluding carboxylic acids is 2. The average molecular weight is 360 g/mol. The van der Waals surface area contributed by atoms with Crippen LogP contribution in [0.4, 0.5) is 5.69 Å². The lowest BCUT2D eigenvalue weighted by atomic mass is 9.98. The zero-order valence-electron chi connectivity index (χ0n) is 11.5. The van der Waals surface area contributed by atoms with E-state index in [0.717, 1.165) is 4.47 Å². The Morgan fingerprint density at radius 3 is 2.55 bits per heavy atom. The minimum atomic E-state index is -0.573.